The number of allylic oxidation sites excluding steroid dienone is 3. The molecule has 0 bridgehead atoms. The summed E-state index contributed by atoms with van der Waals surface area (Å²) in [5, 5.41) is 5.40. The van der Waals surface area contributed by atoms with Crippen molar-refractivity contribution in [2.24, 2.45) is 5.92 Å². The van der Waals surface area contributed by atoms with E-state index < -0.39 is 17.8 Å². The molecule has 3 aromatic rings. The number of fused-ring (bicyclic) bond motifs is 1. The van der Waals surface area contributed by atoms with E-state index in [1.807, 2.05) is 67.8 Å². The minimum atomic E-state index is -0.512. The van der Waals surface area contributed by atoms with Crippen molar-refractivity contribution in [3.05, 3.63) is 105 Å². The molecular weight excluding hydrogens is 446 g/mol. The van der Waals surface area contributed by atoms with Crippen molar-refractivity contribution in [1.82, 2.24) is 5.32 Å². The molecule has 3 atom stereocenters. The lowest BCUT2D eigenvalue weighted by Crippen LogP contribution is -2.41. The van der Waals surface area contributed by atoms with Crippen molar-refractivity contribution in [3.8, 4) is 0 Å². The van der Waals surface area contributed by atoms with Crippen LogP contribution in [0.3, 0.4) is 0 Å². The summed E-state index contributed by atoms with van der Waals surface area (Å²) < 4.78 is 11.7. The maximum Gasteiger partial charge on any atom is 0.336 e. The molecule has 5 rings (SSSR count). The van der Waals surface area contributed by atoms with Crippen molar-refractivity contribution in [3.63, 3.8) is 0 Å². The van der Waals surface area contributed by atoms with Gasteiger partial charge in [-0.1, -0.05) is 42.5 Å². The monoisotopic (exact) mass is 473 g/mol. The number of hydrogen-bond donors (Lipinski definition) is 1. The second-order valence-electron chi connectivity index (χ2n) is 8.85. The predicted molar refractivity (Wildman–Crippen MR) is 131 cm³/mol. The van der Waals surface area contributed by atoms with Gasteiger partial charge in [0, 0.05) is 35.0 Å². The second kappa shape index (κ2) is 9.47. The standard InChI is InChI=1S/C28H27NO4S/c1-17-10-11-23(33-17)27-25(28(31)32-13-12-19-7-4-3-5-8-19)18(2)29-21-15-20(16-22(30)26(21)27)24-9-6-14-34-24/h3-11,14-15,20,26-27,29H,12-13,16H2,1-2H3. The number of benzene rings is 1. The number of furan rings is 1. The summed E-state index contributed by atoms with van der Waals surface area (Å²) in [7, 11) is 0. The van der Waals surface area contributed by atoms with Crippen LogP contribution in [0, 0.1) is 12.8 Å². The summed E-state index contributed by atoms with van der Waals surface area (Å²) in [5.74, 6) is 0.0823. The van der Waals surface area contributed by atoms with Gasteiger partial charge in [-0.25, -0.2) is 4.79 Å². The number of thiophene rings is 1. The topological polar surface area (TPSA) is 68.5 Å². The van der Waals surface area contributed by atoms with Gasteiger partial charge in [0.15, 0.2) is 0 Å². The number of Topliss-reactive ketones (excluding diaryl/α,β-unsaturated/α-hetero) is 1. The van der Waals surface area contributed by atoms with E-state index >= 15 is 0 Å². The Labute approximate surface area is 203 Å². The molecule has 0 saturated heterocycles. The lowest BCUT2D eigenvalue weighted by Gasteiger charge is -2.38. The molecule has 6 heteroatoms. The fourth-order valence-electron chi connectivity index (χ4n) is 4.94. The van der Waals surface area contributed by atoms with Crippen molar-refractivity contribution < 1.29 is 18.7 Å². The highest BCUT2D eigenvalue weighted by Crippen LogP contribution is 2.46. The largest absolute Gasteiger partial charge is 0.466 e. The van der Waals surface area contributed by atoms with Crippen LogP contribution in [0.4, 0.5) is 0 Å². The molecule has 0 fully saturated rings. The van der Waals surface area contributed by atoms with Gasteiger partial charge < -0.3 is 14.5 Å². The highest BCUT2D eigenvalue weighted by Gasteiger charge is 2.46. The zero-order valence-electron chi connectivity index (χ0n) is 19.2. The van der Waals surface area contributed by atoms with Crippen LogP contribution < -0.4 is 5.32 Å². The summed E-state index contributed by atoms with van der Waals surface area (Å²) in [6.07, 6.45) is 3.18. The first-order valence-electron chi connectivity index (χ1n) is 11.5. The number of hydrogen-bond acceptors (Lipinski definition) is 6. The molecule has 3 heterocycles. The van der Waals surface area contributed by atoms with E-state index in [0.29, 0.717) is 29.9 Å². The molecule has 2 aromatic heterocycles. The third-order valence-corrected chi connectivity index (χ3v) is 7.53. The first kappa shape index (κ1) is 22.4. The van der Waals surface area contributed by atoms with Crippen LogP contribution >= 0.6 is 11.3 Å². The van der Waals surface area contributed by atoms with E-state index in [2.05, 4.69) is 17.5 Å². The number of esters is 1. The fraction of sp³-hybridized carbons (Fsp3) is 0.286. The third-order valence-electron chi connectivity index (χ3n) is 6.53. The Balaban J connectivity index is 1.46. The Kier molecular flexibility index (Phi) is 6.24. The van der Waals surface area contributed by atoms with Crippen LogP contribution in [0.1, 0.15) is 47.1 Å². The van der Waals surface area contributed by atoms with Crippen molar-refractivity contribution in [1.29, 1.82) is 0 Å². The molecule has 1 N–H and O–H groups in total. The summed E-state index contributed by atoms with van der Waals surface area (Å²) in [4.78, 5) is 28.0. The second-order valence-corrected chi connectivity index (χ2v) is 9.83. The number of carbonyl (C=O) groups is 2. The van der Waals surface area contributed by atoms with Gasteiger partial charge in [0.2, 0.25) is 0 Å². The van der Waals surface area contributed by atoms with E-state index in [0.717, 1.165) is 17.0 Å². The van der Waals surface area contributed by atoms with Gasteiger partial charge in [0.05, 0.1) is 24.0 Å². The van der Waals surface area contributed by atoms with Gasteiger partial charge in [-0.3, -0.25) is 4.79 Å². The summed E-state index contributed by atoms with van der Waals surface area (Å²) in [5.41, 5.74) is 3.11. The Morgan fingerprint density at radius 2 is 1.91 bits per heavy atom. The Hall–Kier alpha value is -3.38. The molecule has 0 saturated carbocycles. The minimum Gasteiger partial charge on any atom is -0.466 e. The number of aryl methyl sites for hydroxylation is 1. The molecular formula is C28H27NO4S. The average Bonchev–Trinajstić information content (AvgIpc) is 3.51. The summed E-state index contributed by atoms with van der Waals surface area (Å²) in [6.45, 7) is 4.00. The maximum absolute atomic E-state index is 13.5. The van der Waals surface area contributed by atoms with Gasteiger partial charge in [-0.15, -0.1) is 11.3 Å². The first-order valence-corrected chi connectivity index (χ1v) is 12.4. The number of nitrogens with one attached hydrogen (secondary N) is 1. The van der Waals surface area contributed by atoms with Crippen LogP contribution in [-0.4, -0.2) is 18.4 Å². The van der Waals surface area contributed by atoms with Crippen LogP contribution in [-0.2, 0) is 20.7 Å². The van der Waals surface area contributed by atoms with Gasteiger partial charge in [-0.05, 0) is 43.0 Å². The van der Waals surface area contributed by atoms with E-state index in [1.54, 1.807) is 11.3 Å². The Morgan fingerprint density at radius 1 is 1.09 bits per heavy atom. The number of ketones is 1. The summed E-state index contributed by atoms with van der Waals surface area (Å²) >= 11 is 1.66. The Morgan fingerprint density at radius 3 is 2.62 bits per heavy atom. The van der Waals surface area contributed by atoms with E-state index in [-0.39, 0.29) is 18.3 Å². The van der Waals surface area contributed by atoms with E-state index in [4.69, 9.17) is 9.15 Å². The lowest BCUT2D eigenvalue weighted by atomic mass is 9.71. The molecule has 1 aliphatic carbocycles. The summed E-state index contributed by atoms with van der Waals surface area (Å²) in [6, 6.07) is 17.7. The molecule has 3 unspecified atom stereocenters. The molecule has 1 aliphatic heterocycles. The van der Waals surface area contributed by atoms with E-state index in [1.165, 1.54) is 4.88 Å². The maximum atomic E-state index is 13.5. The SMILES string of the molecule is CC1=C(C(=O)OCCc2ccccc2)C(c2ccc(C)o2)C2C(=O)CC(c3cccs3)C=C2N1. The van der Waals surface area contributed by atoms with Gasteiger partial charge in [-0.2, -0.15) is 0 Å². The van der Waals surface area contributed by atoms with E-state index in [9.17, 15) is 9.59 Å². The third kappa shape index (κ3) is 4.38. The van der Waals surface area contributed by atoms with Crippen molar-refractivity contribution in [2.45, 2.75) is 38.5 Å². The number of rotatable bonds is 6. The van der Waals surface area contributed by atoms with Crippen LogP contribution in [0.2, 0.25) is 0 Å². The molecule has 0 radical (unpaired) electrons. The number of ether oxygens (including phenoxy) is 1. The van der Waals surface area contributed by atoms with Crippen molar-refractivity contribution >= 4 is 23.1 Å². The smallest absolute Gasteiger partial charge is 0.336 e. The molecule has 34 heavy (non-hydrogen) atoms. The highest BCUT2D eigenvalue weighted by atomic mass is 32.1. The molecule has 174 valence electrons. The lowest BCUT2D eigenvalue weighted by molar-refractivity contribution is -0.139. The van der Waals surface area contributed by atoms with Crippen LogP contribution in [0.25, 0.3) is 0 Å². The quantitative estimate of drug-likeness (QED) is 0.469. The minimum absolute atomic E-state index is 0.0393. The van der Waals surface area contributed by atoms with Crippen LogP contribution in [0.15, 0.2) is 87.4 Å². The van der Waals surface area contributed by atoms with Gasteiger partial charge in [0.1, 0.15) is 17.3 Å². The average molecular weight is 474 g/mol. The highest BCUT2D eigenvalue weighted by molar-refractivity contribution is 7.10. The zero-order valence-corrected chi connectivity index (χ0v) is 20.1. The fourth-order valence-corrected chi connectivity index (χ4v) is 5.74. The number of carbonyl (C=O) groups excluding carboxylic acids is 2. The molecule has 0 spiro atoms. The normalized spacial score (nSPS) is 22.1. The molecule has 1 aromatic carbocycles. The molecule has 0 amide bonds. The zero-order chi connectivity index (χ0) is 23.7. The predicted octanol–water partition coefficient (Wildman–Crippen LogP) is 5.65. The van der Waals surface area contributed by atoms with Crippen molar-refractivity contribution in [2.75, 3.05) is 6.61 Å². The van der Waals surface area contributed by atoms with Gasteiger partial charge >= 0.3 is 5.97 Å². The van der Waals surface area contributed by atoms with Gasteiger partial charge in [0.25, 0.3) is 0 Å². The molecule has 5 nitrogen and oxygen atoms in total. The molecule has 2 aliphatic rings. The Bertz CT molecular complexity index is 1250. The van der Waals surface area contributed by atoms with Crippen LogP contribution in [0.5, 0.6) is 0 Å². The first-order chi connectivity index (χ1) is 16.5.